The normalized spacial score (nSPS) is 15.5. The van der Waals surface area contributed by atoms with Gasteiger partial charge in [-0.05, 0) is 50.2 Å². The van der Waals surface area contributed by atoms with E-state index < -0.39 is 10.0 Å². The summed E-state index contributed by atoms with van der Waals surface area (Å²) in [5.41, 5.74) is 2.39. The molecule has 7 heteroatoms. The average Bonchev–Trinajstić information content (AvgIpc) is 2.69. The molecule has 3 rings (SSSR count). The van der Waals surface area contributed by atoms with Gasteiger partial charge in [0.2, 0.25) is 5.91 Å². The van der Waals surface area contributed by atoms with Crippen molar-refractivity contribution in [2.24, 2.45) is 0 Å². The quantitative estimate of drug-likeness (QED) is 0.771. The Morgan fingerprint density at radius 1 is 0.964 bits per heavy atom. The van der Waals surface area contributed by atoms with Gasteiger partial charge in [-0.1, -0.05) is 30.3 Å². The lowest BCUT2D eigenvalue weighted by Crippen LogP contribution is -2.51. The SMILES string of the molecule is Cc1cccc(N(CC(=O)N2CCN(C)CC2)S(=O)(=O)c2ccccc2)c1C. The van der Waals surface area contributed by atoms with Gasteiger partial charge < -0.3 is 9.80 Å². The van der Waals surface area contributed by atoms with Crippen molar-refractivity contribution in [2.45, 2.75) is 18.7 Å². The van der Waals surface area contributed by atoms with Gasteiger partial charge in [0.1, 0.15) is 6.54 Å². The number of rotatable bonds is 5. The third kappa shape index (κ3) is 4.20. The first kappa shape index (κ1) is 20.4. The first-order valence-corrected chi connectivity index (χ1v) is 10.8. The van der Waals surface area contributed by atoms with Crippen LogP contribution in [0.3, 0.4) is 0 Å². The second-order valence-corrected chi connectivity index (χ2v) is 9.09. The summed E-state index contributed by atoms with van der Waals surface area (Å²) in [7, 11) is -1.84. The third-order valence-corrected chi connectivity index (χ3v) is 7.08. The molecule has 2 aromatic rings. The maximum Gasteiger partial charge on any atom is 0.264 e. The molecule has 1 heterocycles. The van der Waals surface area contributed by atoms with Gasteiger partial charge in [-0.25, -0.2) is 8.42 Å². The number of anilines is 1. The van der Waals surface area contributed by atoms with Gasteiger partial charge in [0.15, 0.2) is 0 Å². The Bertz CT molecular complexity index is 937. The van der Waals surface area contributed by atoms with E-state index in [2.05, 4.69) is 4.90 Å². The van der Waals surface area contributed by atoms with Crippen LogP contribution < -0.4 is 4.31 Å². The molecule has 0 saturated carbocycles. The molecule has 0 radical (unpaired) electrons. The number of benzene rings is 2. The Kier molecular flexibility index (Phi) is 6.05. The largest absolute Gasteiger partial charge is 0.339 e. The van der Waals surface area contributed by atoms with E-state index in [-0.39, 0.29) is 17.3 Å². The van der Waals surface area contributed by atoms with Crippen molar-refractivity contribution in [1.29, 1.82) is 0 Å². The van der Waals surface area contributed by atoms with Crippen LogP contribution in [0, 0.1) is 13.8 Å². The van der Waals surface area contributed by atoms with Crippen molar-refractivity contribution < 1.29 is 13.2 Å². The molecule has 6 nitrogen and oxygen atoms in total. The molecule has 0 N–H and O–H groups in total. The molecular weight excluding hydrogens is 374 g/mol. The van der Waals surface area contributed by atoms with Crippen molar-refractivity contribution in [1.82, 2.24) is 9.80 Å². The molecule has 0 aromatic heterocycles. The van der Waals surface area contributed by atoms with Gasteiger partial charge in [-0.2, -0.15) is 0 Å². The standard InChI is InChI=1S/C21H27N3O3S/c1-17-8-7-11-20(18(17)2)24(28(26,27)19-9-5-4-6-10-19)16-21(25)23-14-12-22(3)13-15-23/h4-11H,12-16H2,1-3H3. The van der Waals surface area contributed by atoms with Gasteiger partial charge in [0, 0.05) is 26.2 Å². The zero-order chi connectivity index (χ0) is 20.3. The Morgan fingerprint density at radius 3 is 2.25 bits per heavy atom. The zero-order valence-corrected chi connectivity index (χ0v) is 17.4. The second-order valence-electron chi connectivity index (χ2n) is 7.23. The van der Waals surface area contributed by atoms with Gasteiger partial charge in [0.05, 0.1) is 10.6 Å². The Hall–Kier alpha value is -2.38. The summed E-state index contributed by atoms with van der Waals surface area (Å²) in [5.74, 6) is -0.173. The number of likely N-dealkylation sites (N-methyl/N-ethyl adjacent to an activating group) is 1. The number of hydrogen-bond donors (Lipinski definition) is 0. The van der Waals surface area contributed by atoms with E-state index in [9.17, 15) is 13.2 Å². The van der Waals surface area contributed by atoms with Gasteiger partial charge >= 0.3 is 0 Å². The molecule has 1 fully saturated rings. The Balaban J connectivity index is 1.98. The maximum absolute atomic E-state index is 13.4. The fourth-order valence-corrected chi connectivity index (χ4v) is 4.80. The van der Waals surface area contributed by atoms with Crippen LogP contribution in [-0.4, -0.2) is 63.9 Å². The fraction of sp³-hybridized carbons (Fsp3) is 0.381. The molecule has 0 atom stereocenters. The van der Waals surface area contributed by atoms with E-state index in [1.165, 1.54) is 4.31 Å². The minimum atomic E-state index is -3.86. The smallest absolute Gasteiger partial charge is 0.264 e. The Labute approximate surface area is 167 Å². The predicted molar refractivity (Wildman–Crippen MR) is 111 cm³/mol. The molecule has 0 unspecified atom stereocenters. The predicted octanol–water partition coefficient (Wildman–Crippen LogP) is 2.27. The number of carbonyl (C=O) groups is 1. The van der Waals surface area contributed by atoms with Crippen LogP contribution in [0.15, 0.2) is 53.4 Å². The monoisotopic (exact) mass is 401 g/mol. The molecule has 0 bridgehead atoms. The molecule has 1 aliphatic heterocycles. The number of amides is 1. The lowest BCUT2D eigenvalue weighted by molar-refractivity contribution is -0.131. The van der Waals surface area contributed by atoms with E-state index in [1.807, 2.05) is 33.0 Å². The molecule has 2 aromatic carbocycles. The van der Waals surface area contributed by atoms with Crippen molar-refractivity contribution >= 4 is 21.6 Å². The van der Waals surface area contributed by atoms with Crippen molar-refractivity contribution in [3.8, 4) is 0 Å². The highest BCUT2D eigenvalue weighted by Crippen LogP contribution is 2.28. The summed E-state index contributed by atoms with van der Waals surface area (Å²) < 4.78 is 28.1. The first-order valence-electron chi connectivity index (χ1n) is 9.41. The molecule has 1 saturated heterocycles. The summed E-state index contributed by atoms with van der Waals surface area (Å²) in [4.78, 5) is 17.1. The van der Waals surface area contributed by atoms with E-state index in [0.29, 0.717) is 18.8 Å². The summed E-state index contributed by atoms with van der Waals surface area (Å²) in [5, 5.41) is 0. The number of carbonyl (C=O) groups excluding carboxylic acids is 1. The molecule has 150 valence electrons. The minimum Gasteiger partial charge on any atom is -0.339 e. The van der Waals surface area contributed by atoms with Crippen LogP contribution in [-0.2, 0) is 14.8 Å². The Morgan fingerprint density at radius 2 is 1.61 bits per heavy atom. The van der Waals surface area contributed by atoms with Gasteiger partial charge in [-0.15, -0.1) is 0 Å². The molecular formula is C21H27N3O3S. The van der Waals surface area contributed by atoms with E-state index in [1.54, 1.807) is 41.3 Å². The summed E-state index contributed by atoms with van der Waals surface area (Å²) in [6.07, 6.45) is 0. The number of sulfonamides is 1. The second kappa shape index (κ2) is 8.32. The number of piperazine rings is 1. The van der Waals surface area contributed by atoms with Crippen LogP contribution in [0.25, 0.3) is 0 Å². The lowest BCUT2D eigenvalue weighted by Gasteiger charge is -2.34. The lowest BCUT2D eigenvalue weighted by atomic mass is 10.1. The first-order chi connectivity index (χ1) is 13.3. The molecule has 0 aliphatic carbocycles. The van der Waals surface area contributed by atoms with Crippen molar-refractivity contribution in [3.63, 3.8) is 0 Å². The zero-order valence-electron chi connectivity index (χ0n) is 16.6. The van der Waals surface area contributed by atoms with Crippen LogP contribution in [0.1, 0.15) is 11.1 Å². The van der Waals surface area contributed by atoms with Gasteiger partial charge in [-0.3, -0.25) is 9.10 Å². The highest BCUT2D eigenvalue weighted by atomic mass is 32.2. The average molecular weight is 402 g/mol. The van der Waals surface area contributed by atoms with Gasteiger partial charge in [0.25, 0.3) is 10.0 Å². The molecule has 1 amide bonds. The van der Waals surface area contributed by atoms with Crippen LogP contribution >= 0.6 is 0 Å². The summed E-state index contributed by atoms with van der Waals surface area (Å²) >= 11 is 0. The topological polar surface area (TPSA) is 60.9 Å². The molecule has 28 heavy (non-hydrogen) atoms. The number of aryl methyl sites for hydroxylation is 1. The van der Waals surface area contributed by atoms with E-state index >= 15 is 0 Å². The summed E-state index contributed by atoms with van der Waals surface area (Å²) in [6.45, 7) is 6.43. The highest BCUT2D eigenvalue weighted by molar-refractivity contribution is 7.92. The van der Waals surface area contributed by atoms with Crippen LogP contribution in [0.4, 0.5) is 5.69 Å². The molecule has 1 aliphatic rings. The van der Waals surface area contributed by atoms with Crippen LogP contribution in [0.2, 0.25) is 0 Å². The van der Waals surface area contributed by atoms with Crippen LogP contribution in [0.5, 0.6) is 0 Å². The number of hydrogen-bond acceptors (Lipinski definition) is 4. The molecule has 0 spiro atoms. The maximum atomic E-state index is 13.4. The highest BCUT2D eigenvalue weighted by Gasteiger charge is 2.30. The summed E-state index contributed by atoms with van der Waals surface area (Å²) in [6, 6.07) is 13.8. The number of nitrogens with zero attached hydrogens (tertiary/aromatic N) is 3. The third-order valence-electron chi connectivity index (χ3n) is 5.31. The minimum absolute atomic E-state index is 0.173. The van der Waals surface area contributed by atoms with Crippen molar-refractivity contribution in [3.05, 3.63) is 59.7 Å². The van der Waals surface area contributed by atoms with E-state index in [4.69, 9.17) is 0 Å². The van der Waals surface area contributed by atoms with E-state index in [0.717, 1.165) is 24.2 Å². The fourth-order valence-electron chi connectivity index (χ4n) is 3.30. The van der Waals surface area contributed by atoms with Crippen molar-refractivity contribution in [2.75, 3.05) is 44.1 Å².